The molecule has 0 aliphatic heterocycles. The molecule has 0 spiro atoms. The van der Waals surface area contributed by atoms with Gasteiger partial charge in [0.25, 0.3) is 0 Å². The molecular weight excluding hydrogens is 248 g/mol. The van der Waals surface area contributed by atoms with Gasteiger partial charge in [-0.2, -0.15) is 0 Å². The van der Waals surface area contributed by atoms with Gasteiger partial charge in [0.15, 0.2) is 5.69 Å². The van der Waals surface area contributed by atoms with Gasteiger partial charge in [0.05, 0.1) is 13.2 Å². The number of ether oxygens (including phenoxy) is 1. The third kappa shape index (κ3) is 2.94. The second-order valence-electron chi connectivity index (χ2n) is 3.75. The van der Waals surface area contributed by atoms with Crippen LogP contribution in [0.5, 0.6) is 0 Å². The van der Waals surface area contributed by atoms with Gasteiger partial charge in [-0.15, -0.1) is 5.10 Å². The molecule has 0 aliphatic carbocycles. The highest BCUT2D eigenvalue weighted by atomic mass is 16.5. The van der Waals surface area contributed by atoms with Crippen LogP contribution >= 0.6 is 0 Å². The molecule has 0 fully saturated rings. The molecule has 0 unspecified atom stereocenters. The van der Waals surface area contributed by atoms with Gasteiger partial charge in [0, 0.05) is 24.6 Å². The lowest BCUT2D eigenvalue weighted by Gasteiger charge is -2.06. The van der Waals surface area contributed by atoms with Crippen LogP contribution in [0.25, 0.3) is 11.3 Å². The summed E-state index contributed by atoms with van der Waals surface area (Å²) in [4.78, 5) is 15.2. The molecule has 0 amide bonds. The number of nitrogens with zero attached hydrogens (tertiary/aromatic N) is 4. The molecule has 0 bridgehead atoms. The van der Waals surface area contributed by atoms with Crippen molar-refractivity contribution < 1.29 is 14.6 Å². The van der Waals surface area contributed by atoms with Crippen molar-refractivity contribution in [3.63, 3.8) is 0 Å². The van der Waals surface area contributed by atoms with Gasteiger partial charge in [-0.25, -0.2) is 9.48 Å². The lowest BCUT2D eigenvalue weighted by atomic mass is 10.1. The fraction of sp³-hybridized carbons (Fsp3) is 0.333. The maximum atomic E-state index is 11.2. The molecule has 0 saturated heterocycles. The molecule has 2 rings (SSSR count). The average molecular weight is 262 g/mol. The van der Waals surface area contributed by atoms with Crippen LogP contribution in [-0.4, -0.2) is 44.3 Å². The highest BCUT2D eigenvalue weighted by molar-refractivity contribution is 5.92. The van der Waals surface area contributed by atoms with E-state index >= 15 is 0 Å². The minimum absolute atomic E-state index is 0.0792. The van der Waals surface area contributed by atoms with Crippen molar-refractivity contribution >= 4 is 5.97 Å². The standard InChI is InChI=1S/C12H14N4O3/c1-2-19-7-6-16-11(9-4-3-5-13-8-9)10(12(17)18)14-15-16/h3-5,8H,2,6-7H2,1H3,(H,17,18). The SMILES string of the molecule is CCOCCn1nnc(C(=O)O)c1-c1cccnc1. The van der Waals surface area contributed by atoms with Crippen LogP contribution in [0.15, 0.2) is 24.5 Å². The third-order valence-electron chi connectivity index (χ3n) is 2.52. The smallest absolute Gasteiger partial charge is 0.358 e. The molecule has 7 heteroatoms. The summed E-state index contributed by atoms with van der Waals surface area (Å²) >= 11 is 0. The molecule has 0 radical (unpaired) electrons. The average Bonchev–Trinajstić information content (AvgIpc) is 2.84. The Labute approximate surface area is 109 Å². The number of carboxylic acids is 1. The first-order chi connectivity index (χ1) is 9.24. The molecule has 7 nitrogen and oxygen atoms in total. The molecule has 2 aromatic rings. The van der Waals surface area contributed by atoms with E-state index in [4.69, 9.17) is 9.84 Å². The lowest BCUT2D eigenvalue weighted by molar-refractivity contribution is 0.0691. The summed E-state index contributed by atoms with van der Waals surface area (Å²) in [5.41, 5.74) is 1.03. The van der Waals surface area contributed by atoms with E-state index in [-0.39, 0.29) is 5.69 Å². The van der Waals surface area contributed by atoms with E-state index in [0.717, 1.165) is 0 Å². The summed E-state index contributed by atoms with van der Waals surface area (Å²) in [5, 5.41) is 16.7. The first-order valence-electron chi connectivity index (χ1n) is 5.89. The maximum Gasteiger partial charge on any atom is 0.358 e. The minimum Gasteiger partial charge on any atom is -0.476 e. The molecule has 0 aliphatic rings. The van der Waals surface area contributed by atoms with Gasteiger partial charge in [-0.3, -0.25) is 4.98 Å². The Kier molecular flexibility index (Phi) is 4.19. The Balaban J connectivity index is 2.37. The molecule has 19 heavy (non-hydrogen) atoms. The van der Waals surface area contributed by atoms with Crippen LogP contribution < -0.4 is 0 Å². The Bertz CT molecular complexity index is 553. The topological polar surface area (TPSA) is 90.1 Å². The van der Waals surface area contributed by atoms with Crippen LogP contribution in [-0.2, 0) is 11.3 Å². The second-order valence-corrected chi connectivity index (χ2v) is 3.75. The first kappa shape index (κ1) is 13.2. The van der Waals surface area contributed by atoms with Crippen LogP contribution in [0, 0.1) is 0 Å². The van der Waals surface area contributed by atoms with Gasteiger partial charge >= 0.3 is 5.97 Å². The van der Waals surface area contributed by atoms with Crippen molar-refractivity contribution in [2.45, 2.75) is 13.5 Å². The Morgan fingerprint density at radius 3 is 3.00 bits per heavy atom. The van der Waals surface area contributed by atoms with Gasteiger partial charge in [0.2, 0.25) is 0 Å². The zero-order valence-corrected chi connectivity index (χ0v) is 10.5. The predicted molar refractivity (Wildman–Crippen MR) is 66.7 cm³/mol. The summed E-state index contributed by atoms with van der Waals surface area (Å²) < 4.78 is 6.77. The van der Waals surface area contributed by atoms with E-state index in [9.17, 15) is 4.79 Å². The summed E-state index contributed by atoms with van der Waals surface area (Å²) in [6.45, 7) is 3.39. The summed E-state index contributed by atoms with van der Waals surface area (Å²) in [6.07, 6.45) is 3.21. The van der Waals surface area contributed by atoms with Crippen molar-refractivity contribution in [3.05, 3.63) is 30.2 Å². The lowest BCUT2D eigenvalue weighted by Crippen LogP contribution is -2.10. The van der Waals surface area contributed by atoms with Crippen molar-refractivity contribution in [3.8, 4) is 11.3 Å². The predicted octanol–water partition coefficient (Wildman–Crippen LogP) is 1.07. The normalized spacial score (nSPS) is 10.6. The van der Waals surface area contributed by atoms with Crippen LogP contribution in [0.3, 0.4) is 0 Å². The van der Waals surface area contributed by atoms with Crippen LogP contribution in [0.1, 0.15) is 17.4 Å². The number of hydrogen-bond acceptors (Lipinski definition) is 5. The molecule has 0 saturated carbocycles. The van der Waals surface area contributed by atoms with E-state index in [2.05, 4.69) is 15.3 Å². The number of rotatable bonds is 6. The van der Waals surface area contributed by atoms with E-state index in [0.29, 0.717) is 31.0 Å². The Hall–Kier alpha value is -2.28. The summed E-state index contributed by atoms with van der Waals surface area (Å²) in [7, 11) is 0. The molecule has 2 heterocycles. The van der Waals surface area contributed by atoms with Crippen molar-refractivity contribution in [1.29, 1.82) is 0 Å². The van der Waals surface area contributed by atoms with Gasteiger partial charge in [0.1, 0.15) is 5.69 Å². The summed E-state index contributed by atoms with van der Waals surface area (Å²) in [6, 6.07) is 3.51. The molecule has 1 N–H and O–H groups in total. The van der Waals surface area contributed by atoms with Gasteiger partial charge in [-0.1, -0.05) is 5.21 Å². The van der Waals surface area contributed by atoms with Crippen LogP contribution in [0.4, 0.5) is 0 Å². The van der Waals surface area contributed by atoms with E-state index in [1.165, 1.54) is 4.68 Å². The van der Waals surface area contributed by atoms with E-state index < -0.39 is 5.97 Å². The maximum absolute atomic E-state index is 11.2. The second kappa shape index (κ2) is 6.05. The highest BCUT2D eigenvalue weighted by Crippen LogP contribution is 2.21. The zero-order valence-electron chi connectivity index (χ0n) is 10.5. The monoisotopic (exact) mass is 262 g/mol. The highest BCUT2D eigenvalue weighted by Gasteiger charge is 2.20. The quantitative estimate of drug-likeness (QED) is 0.783. The molecule has 100 valence electrons. The number of hydrogen-bond donors (Lipinski definition) is 1. The molecule has 0 aromatic carbocycles. The number of carboxylic acid groups (broad SMARTS) is 1. The largest absolute Gasteiger partial charge is 0.476 e. The molecule has 2 aromatic heterocycles. The summed E-state index contributed by atoms with van der Waals surface area (Å²) in [5.74, 6) is -1.11. The number of aromatic carboxylic acids is 1. The fourth-order valence-electron chi connectivity index (χ4n) is 1.70. The fourth-order valence-corrected chi connectivity index (χ4v) is 1.70. The number of aromatic nitrogens is 4. The number of pyridine rings is 1. The zero-order chi connectivity index (χ0) is 13.7. The minimum atomic E-state index is -1.11. The Morgan fingerprint density at radius 1 is 1.53 bits per heavy atom. The number of carbonyl (C=O) groups is 1. The van der Waals surface area contributed by atoms with Gasteiger partial charge in [-0.05, 0) is 19.1 Å². The van der Waals surface area contributed by atoms with Crippen molar-refractivity contribution in [2.75, 3.05) is 13.2 Å². The van der Waals surface area contributed by atoms with Gasteiger partial charge < -0.3 is 9.84 Å². The molecular formula is C12H14N4O3. The van der Waals surface area contributed by atoms with Crippen LogP contribution in [0.2, 0.25) is 0 Å². The molecule has 0 atom stereocenters. The third-order valence-corrected chi connectivity index (χ3v) is 2.52. The first-order valence-corrected chi connectivity index (χ1v) is 5.89. The van der Waals surface area contributed by atoms with E-state index in [1.54, 1.807) is 24.5 Å². The van der Waals surface area contributed by atoms with E-state index in [1.807, 2.05) is 6.92 Å². The Morgan fingerprint density at radius 2 is 2.37 bits per heavy atom. The van der Waals surface area contributed by atoms with Crippen molar-refractivity contribution in [1.82, 2.24) is 20.0 Å². The van der Waals surface area contributed by atoms with Crippen molar-refractivity contribution in [2.24, 2.45) is 0 Å².